The van der Waals surface area contributed by atoms with Crippen LogP contribution in [0.3, 0.4) is 0 Å². The number of carbonyl (C=O) groups is 2. The Balaban J connectivity index is 1.41. The van der Waals surface area contributed by atoms with E-state index in [1.165, 1.54) is 29.2 Å². The number of rotatable bonds is 6. The highest BCUT2D eigenvalue weighted by Crippen LogP contribution is 2.31. The van der Waals surface area contributed by atoms with Crippen molar-refractivity contribution in [1.29, 1.82) is 0 Å². The van der Waals surface area contributed by atoms with Gasteiger partial charge in [0.15, 0.2) is 4.34 Å². The molecule has 9 heteroatoms. The molecule has 156 valence electrons. The highest BCUT2D eigenvalue weighted by atomic mass is 35.5. The number of carbonyl (C=O) groups excluding carboxylic acids is 2. The third kappa shape index (κ3) is 5.57. The molecule has 0 atom stereocenters. The molecule has 5 nitrogen and oxygen atoms in total. The van der Waals surface area contributed by atoms with Gasteiger partial charge in [-0.3, -0.25) is 9.59 Å². The summed E-state index contributed by atoms with van der Waals surface area (Å²) in [4.78, 5) is 29.2. The van der Waals surface area contributed by atoms with E-state index in [1.54, 1.807) is 18.2 Å². The van der Waals surface area contributed by atoms with Crippen molar-refractivity contribution in [3.8, 4) is 0 Å². The molecule has 0 aliphatic rings. The molecule has 0 saturated carbocycles. The van der Waals surface area contributed by atoms with Crippen LogP contribution in [0.25, 0.3) is 10.2 Å². The number of thioether (sulfide) groups is 1. The monoisotopic (exact) mass is 487 g/mol. The topological polar surface area (TPSA) is 71.1 Å². The standard InChI is InChI=1S/C22H15Cl2N3O2S2/c23-13-6-8-16(17(24)10-13)21(29)26-15-7-9-18-19(11-15)31-22(27-18)30-12-20(28)25-14-4-2-1-3-5-14/h1-11H,12H2,(H,25,28)(H,26,29). The first kappa shape index (κ1) is 21.6. The molecule has 0 saturated heterocycles. The van der Waals surface area contributed by atoms with Crippen LogP contribution in [-0.2, 0) is 4.79 Å². The van der Waals surface area contributed by atoms with Crippen LogP contribution < -0.4 is 10.6 Å². The summed E-state index contributed by atoms with van der Waals surface area (Å²) < 4.78 is 1.69. The lowest BCUT2D eigenvalue weighted by molar-refractivity contribution is -0.113. The molecule has 4 aromatic rings. The maximum atomic E-state index is 12.5. The van der Waals surface area contributed by atoms with Gasteiger partial charge in [0.05, 0.1) is 26.6 Å². The van der Waals surface area contributed by atoms with Crippen molar-refractivity contribution in [3.05, 3.63) is 82.3 Å². The van der Waals surface area contributed by atoms with E-state index in [-0.39, 0.29) is 22.6 Å². The van der Waals surface area contributed by atoms with Gasteiger partial charge < -0.3 is 10.6 Å². The zero-order chi connectivity index (χ0) is 21.8. The van der Waals surface area contributed by atoms with Crippen LogP contribution in [0.2, 0.25) is 10.0 Å². The van der Waals surface area contributed by atoms with Gasteiger partial charge in [-0.1, -0.05) is 53.2 Å². The van der Waals surface area contributed by atoms with Gasteiger partial charge >= 0.3 is 0 Å². The Morgan fingerprint density at radius 2 is 1.74 bits per heavy atom. The average Bonchev–Trinajstić information content (AvgIpc) is 3.15. The Hall–Kier alpha value is -2.58. The highest BCUT2D eigenvalue weighted by molar-refractivity contribution is 8.01. The normalized spacial score (nSPS) is 10.8. The van der Waals surface area contributed by atoms with Crippen LogP contribution in [-0.4, -0.2) is 22.6 Å². The summed E-state index contributed by atoms with van der Waals surface area (Å²) in [6.45, 7) is 0. The van der Waals surface area contributed by atoms with Gasteiger partial charge in [0.1, 0.15) is 0 Å². The van der Waals surface area contributed by atoms with Crippen LogP contribution >= 0.6 is 46.3 Å². The van der Waals surface area contributed by atoms with Crippen molar-refractivity contribution in [3.63, 3.8) is 0 Å². The molecule has 0 bridgehead atoms. The summed E-state index contributed by atoms with van der Waals surface area (Å²) >= 11 is 14.8. The molecule has 0 fully saturated rings. The Bertz CT molecular complexity index is 1260. The second-order valence-electron chi connectivity index (χ2n) is 6.44. The number of thiazole rings is 1. The molecule has 2 amide bonds. The number of benzene rings is 3. The Labute approximate surface area is 196 Å². The zero-order valence-electron chi connectivity index (χ0n) is 15.9. The predicted molar refractivity (Wildman–Crippen MR) is 130 cm³/mol. The minimum Gasteiger partial charge on any atom is -0.325 e. The van der Waals surface area contributed by atoms with Gasteiger partial charge in [-0.2, -0.15) is 0 Å². The van der Waals surface area contributed by atoms with Crippen LogP contribution in [0.15, 0.2) is 71.1 Å². The van der Waals surface area contributed by atoms with Gasteiger partial charge in [0.25, 0.3) is 5.91 Å². The van der Waals surface area contributed by atoms with Gasteiger partial charge in [-0.15, -0.1) is 11.3 Å². The minimum absolute atomic E-state index is 0.0942. The van der Waals surface area contributed by atoms with E-state index in [4.69, 9.17) is 23.2 Å². The Morgan fingerprint density at radius 1 is 0.935 bits per heavy atom. The maximum absolute atomic E-state index is 12.5. The van der Waals surface area contributed by atoms with Crippen molar-refractivity contribution in [2.75, 3.05) is 16.4 Å². The van der Waals surface area contributed by atoms with Crippen LogP contribution in [0.4, 0.5) is 11.4 Å². The molecule has 3 aromatic carbocycles. The first-order valence-electron chi connectivity index (χ1n) is 9.12. The number of anilines is 2. The lowest BCUT2D eigenvalue weighted by Crippen LogP contribution is -2.13. The summed E-state index contributed by atoms with van der Waals surface area (Å²) in [7, 11) is 0. The number of fused-ring (bicyclic) bond motifs is 1. The maximum Gasteiger partial charge on any atom is 0.257 e. The predicted octanol–water partition coefficient (Wildman–Crippen LogP) is 6.59. The lowest BCUT2D eigenvalue weighted by atomic mass is 10.2. The van der Waals surface area contributed by atoms with Crippen molar-refractivity contribution in [1.82, 2.24) is 4.98 Å². The van der Waals surface area contributed by atoms with Crippen LogP contribution in [0.1, 0.15) is 10.4 Å². The molecule has 1 heterocycles. The molecule has 0 radical (unpaired) electrons. The molecule has 0 aliphatic carbocycles. The summed E-state index contributed by atoms with van der Waals surface area (Å²) in [5.74, 6) is -0.158. The van der Waals surface area contributed by atoms with E-state index in [0.29, 0.717) is 16.3 Å². The molecular formula is C22H15Cl2N3O2S2. The smallest absolute Gasteiger partial charge is 0.257 e. The molecule has 0 unspecified atom stereocenters. The number of hydrogen-bond donors (Lipinski definition) is 2. The van der Waals surface area contributed by atoms with Gasteiger partial charge in [-0.05, 0) is 48.5 Å². The quantitative estimate of drug-likeness (QED) is 0.301. The summed E-state index contributed by atoms with van der Waals surface area (Å²) in [6, 6.07) is 19.5. The summed E-state index contributed by atoms with van der Waals surface area (Å²) in [6.07, 6.45) is 0. The van der Waals surface area contributed by atoms with E-state index in [9.17, 15) is 9.59 Å². The molecular weight excluding hydrogens is 473 g/mol. The largest absolute Gasteiger partial charge is 0.325 e. The Kier molecular flexibility index (Phi) is 6.77. The number of aromatic nitrogens is 1. The second-order valence-corrected chi connectivity index (χ2v) is 9.54. The number of hydrogen-bond acceptors (Lipinski definition) is 5. The fourth-order valence-corrected chi connectivity index (χ4v) is 5.16. The third-order valence-corrected chi connectivity index (χ3v) is 6.90. The van der Waals surface area contributed by atoms with Gasteiger partial charge in [-0.25, -0.2) is 4.98 Å². The first-order chi connectivity index (χ1) is 15.0. The summed E-state index contributed by atoms with van der Waals surface area (Å²) in [5.41, 5.74) is 2.54. The molecule has 4 rings (SSSR count). The molecule has 0 aliphatic heterocycles. The zero-order valence-corrected chi connectivity index (χ0v) is 19.0. The fourth-order valence-electron chi connectivity index (χ4n) is 2.76. The van der Waals surface area contributed by atoms with E-state index >= 15 is 0 Å². The van der Waals surface area contributed by atoms with E-state index in [2.05, 4.69) is 15.6 Å². The molecule has 31 heavy (non-hydrogen) atoms. The van der Waals surface area contributed by atoms with E-state index in [0.717, 1.165) is 20.2 Å². The van der Waals surface area contributed by atoms with Gasteiger partial charge in [0, 0.05) is 16.4 Å². The number of nitrogens with one attached hydrogen (secondary N) is 2. The fraction of sp³-hybridized carbons (Fsp3) is 0.0455. The van der Waals surface area contributed by atoms with Crippen LogP contribution in [0.5, 0.6) is 0 Å². The molecule has 2 N–H and O–H groups in total. The van der Waals surface area contributed by atoms with Gasteiger partial charge in [0.2, 0.25) is 5.91 Å². The van der Waals surface area contributed by atoms with Crippen LogP contribution in [0, 0.1) is 0 Å². The molecule has 0 spiro atoms. The third-order valence-electron chi connectivity index (χ3n) is 4.19. The number of amides is 2. The van der Waals surface area contributed by atoms with Crippen molar-refractivity contribution in [2.24, 2.45) is 0 Å². The highest BCUT2D eigenvalue weighted by Gasteiger charge is 2.13. The first-order valence-corrected chi connectivity index (χ1v) is 11.7. The average molecular weight is 488 g/mol. The minimum atomic E-state index is -0.322. The van der Waals surface area contributed by atoms with Crippen molar-refractivity contribution >= 4 is 79.7 Å². The number of nitrogens with zero attached hydrogens (tertiary/aromatic N) is 1. The SMILES string of the molecule is O=C(CSc1nc2ccc(NC(=O)c3ccc(Cl)cc3Cl)cc2s1)Nc1ccccc1. The van der Waals surface area contributed by atoms with Crippen molar-refractivity contribution < 1.29 is 9.59 Å². The number of para-hydroxylation sites is 1. The molecule has 1 aromatic heterocycles. The van der Waals surface area contributed by atoms with E-state index < -0.39 is 0 Å². The lowest BCUT2D eigenvalue weighted by Gasteiger charge is -2.07. The van der Waals surface area contributed by atoms with E-state index in [1.807, 2.05) is 42.5 Å². The second kappa shape index (κ2) is 9.70. The van der Waals surface area contributed by atoms with Crippen molar-refractivity contribution in [2.45, 2.75) is 4.34 Å². The number of halogens is 2. The Morgan fingerprint density at radius 3 is 2.52 bits per heavy atom. The summed E-state index contributed by atoms with van der Waals surface area (Å²) in [5, 5.41) is 6.45.